The summed E-state index contributed by atoms with van der Waals surface area (Å²) in [5.41, 5.74) is 1.38. The first kappa shape index (κ1) is 12.8. The van der Waals surface area contributed by atoms with Crippen LogP contribution in [0.25, 0.3) is 0 Å². The average Bonchev–Trinajstić information content (AvgIpc) is 2.12. The smallest absolute Gasteiger partial charge is 0.0297 e. The van der Waals surface area contributed by atoms with Gasteiger partial charge in [-0.05, 0) is 38.0 Å². The van der Waals surface area contributed by atoms with E-state index in [9.17, 15) is 0 Å². The van der Waals surface area contributed by atoms with Crippen molar-refractivity contribution in [3.8, 4) is 0 Å². The Morgan fingerprint density at radius 2 is 1.73 bits per heavy atom. The molecule has 1 rings (SSSR count). The lowest BCUT2D eigenvalue weighted by atomic mass is 9.70. The fourth-order valence-corrected chi connectivity index (χ4v) is 2.81. The first-order chi connectivity index (χ1) is 7.22. The lowest BCUT2D eigenvalue weighted by Crippen LogP contribution is -2.23. The van der Waals surface area contributed by atoms with Crippen LogP contribution in [0, 0.1) is 11.8 Å². The highest BCUT2D eigenvalue weighted by molar-refractivity contribution is 4.94. The Hall–Kier alpha value is -0.260. The van der Waals surface area contributed by atoms with Crippen LogP contribution in [0.2, 0.25) is 0 Å². The number of allylic oxidation sites excluding steroid dienone is 1. The molecule has 1 aliphatic carbocycles. The van der Waals surface area contributed by atoms with E-state index in [2.05, 4.69) is 20.4 Å². The molecule has 0 atom stereocenters. The number of hydrogen-bond donors (Lipinski definition) is 0. The van der Waals surface area contributed by atoms with Crippen molar-refractivity contribution in [2.45, 2.75) is 71.6 Å². The fourth-order valence-electron chi connectivity index (χ4n) is 2.81. The van der Waals surface area contributed by atoms with E-state index in [4.69, 9.17) is 0 Å². The Kier molecular flexibility index (Phi) is 6.05. The molecule has 0 heterocycles. The fraction of sp³-hybridized carbons (Fsp3) is 0.867. The van der Waals surface area contributed by atoms with Gasteiger partial charge in [0.05, 0.1) is 0 Å². The topological polar surface area (TPSA) is 0 Å². The van der Waals surface area contributed by atoms with Gasteiger partial charge in [0.1, 0.15) is 0 Å². The second-order valence-corrected chi connectivity index (χ2v) is 5.57. The molecule has 15 heavy (non-hydrogen) atoms. The zero-order chi connectivity index (χ0) is 11.1. The Morgan fingerprint density at radius 1 is 1.07 bits per heavy atom. The lowest BCUT2D eigenvalue weighted by Gasteiger charge is -2.35. The van der Waals surface area contributed by atoms with Crippen LogP contribution in [0.15, 0.2) is 12.2 Å². The maximum Gasteiger partial charge on any atom is -0.0297 e. The Bertz CT molecular complexity index is 174. The quantitative estimate of drug-likeness (QED) is 0.373. The predicted octanol–water partition coefficient (Wildman–Crippen LogP) is 5.34. The van der Waals surface area contributed by atoms with Crippen molar-refractivity contribution in [2.24, 2.45) is 11.8 Å². The van der Waals surface area contributed by atoms with Gasteiger partial charge in [-0.25, -0.2) is 0 Å². The molecule has 0 N–H and O–H groups in total. The molecule has 0 heteroatoms. The third kappa shape index (κ3) is 5.39. The van der Waals surface area contributed by atoms with Crippen LogP contribution in [0.4, 0.5) is 0 Å². The van der Waals surface area contributed by atoms with Gasteiger partial charge in [-0.15, -0.1) is 6.58 Å². The summed E-state index contributed by atoms with van der Waals surface area (Å²) in [5, 5.41) is 0. The normalized spacial score (nSPS) is 24.9. The van der Waals surface area contributed by atoms with Crippen molar-refractivity contribution in [1.29, 1.82) is 0 Å². The number of unbranched alkanes of at least 4 members (excludes halogenated alkanes) is 4. The van der Waals surface area contributed by atoms with Crippen molar-refractivity contribution in [3.05, 3.63) is 12.2 Å². The van der Waals surface area contributed by atoms with Crippen LogP contribution >= 0.6 is 0 Å². The van der Waals surface area contributed by atoms with Crippen molar-refractivity contribution in [3.63, 3.8) is 0 Å². The minimum atomic E-state index is 0.989. The molecule has 0 aromatic heterocycles. The monoisotopic (exact) mass is 208 g/mol. The zero-order valence-electron chi connectivity index (χ0n) is 10.7. The third-order valence-electron chi connectivity index (χ3n) is 3.69. The average molecular weight is 208 g/mol. The first-order valence-corrected chi connectivity index (χ1v) is 6.86. The van der Waals surface area contributed by atoms with Crippen molar-refractivity contribution >= 4 is 0 Å². The van der Waals surface area contributed by atoms with Gasteiger partial charge in [0.15, 0.2) is 0 Å². The maximum absolute atomic E-state index is 4.00. The summed E-state index contributed by atoms with van der Waals surface area (Å²) in [5.74, 6) is 2.05. The highest BCUT2D eigenvalue weighted by atomic mass is 14.3. The molecule has 1 saturated carbocycles. The summed E-state index contributed by atoms with van der Waals surface area (Å²) in [6.45, 7) is 8.45. The van der Waals surface area contributed by atoms with Crippen LogP contribution < -0.4 is 0 Å². The second kappa shape index (κ2) is 7.09. The van der Waals surface area contributed by atoms with E-state index < -0.39 is 0 Å². The Morgan fingerprint density at radius 3 is 2.33 bits per heavy atom. The van der Waals surface area contributed by atoms with Gasteiger partial charge in [-0.1, -0.05) is 51.0 Å². The minimum Gasteiger partial charge on any atom is -0.100 e. The molecule has 1 fully saturated rings. The molecule has 0 unspecified atom stereocenters. The summed E-state index contributed by atoms with van der Waals surface area (Å²) in [7, 11) is 0. The molecule has 0 aliphatic heterocycles. The minimum absolute atomic E-state index is 0.989. The highest BCUT2D eigenvalue weighted by Gasteiger charge is 2.27. The predicted molar refractivity (Wildman–Crippen MR) is 69.0 cm³/mol. The lowest BCUT2D eigenvalue weighted by molar-refractivity contribution is 0.177. The molecule has 0 amide bonds. The van der Waals surface area contributed by atoms with E-state index in [1.165, 1.54) is 63.4 Å². The number of hydrogen-bond acceptors (Lipinski definition) is 0. The second-order valence-electron chi connectivity index (χ2n) is 5.57. The maximum atomic E-state index is 4.00. The van der Waals surface area contributed by atoms with Crippen LogP contribution in [0.5, 0.6) is 0 Å². The third-order valence-corrected chi connectivity index (χ3v) is 3.69. The SMILES string of the molecule is C=C(C)CC1CC(CCCCCCC)C1. The standard InChI is InChI=1S/C15H28/c1-4-5-6-7-8-9-14-11-15(12-14)10-13(2)3/h14-15H,2,4-12H2,1,3H3. The van der Waals surface area contributed by atoms with Gasteiger partial charge in [0.2, 0.25) is 0 Å². The molecule has 0 aromatic carbocycles. The molecule has 0 aromatic rings. The van der Waals surface area contributed by atoms with Crippen LogP contribution in [0.1, 0.15) is 71.6 Å². The van der Waals surface area contributed by atoms with Gasteiger partial charge in [0.25, 0.3) is 0 Å². The van der Waals surface area contributed by atoms with E-state index in [1.54, 1.807) is 0 Å². The highest BCUT2D eigenvalue weighted by Crippen LogP contribution is 2.40. The van der Waals surface area contributed by atoms with Crippen molar-refractivity contribution < 1.29 is 0 Å². The summed E-state index contributed by atoms with van der Waals surface area (Å²) in [6, 6.07) is 0. The zero-order valence-corrected chi connectivity index (χ0v) is 10.7. The molecule has 0 radical (unpaired) electrons. The molecular weight excluding hydrogens is 180 g/mol. The molecular formula is C15H28. The van der Waals surface area contributed by atoms with E-state index in [1.807, 2.05) is 0 Å². The first-order valence-electron chi connectivity index (χ1n) is 6.86. The van der Waals surface area contributed by atoms with Gasteiger partial charge in [-0.2, -0.15) is 0 Å². The van der Waals surface area contributed by atoms with Crippen LogP contribution in [-0.4, -0.2) is 0 Å². The van der Waals surface area contributed by atoms with E-state index in [-0.39, 0.29) is 0 Å². The Labute approximate surface area is 96.2 Å². The van der Waals surface area contributed by atoms with Gasteiger partial charge in [0, 0.05) is 0 Å². The number of rotatable bonds is 8. The molecule has 0 saturated heterocycles. The van der Waals surface area contributed by atoms with E-state index in [0.29, 0.717) is 0 Å². The summed E-state index contributed by atoms with van der Waals surface area (Å²) in [6.07, 6.45) is 13.0. The van der Waals surface area contributed by atoms with Gasteiger partial charge >= 0.3 is 0 Å². The molecule has 0 spiro atoms. The molecule has 88 valence electrons. The van der Waals surface area contributed by atoms with E-state index >= 15 is 0 Å². The molecule has 0 nitrogen and oxygen atoms in total. The van der Waals surface area contributed by atoms with Crippen molar-refractivity contribution in [1.82, 2.24) is 0 Å². The largest absolute Gasteiger partial charge is 0.100 e. The summed E-state index contributed by atoms with van der Waals surface area (Å²) >= 11 is 0. The molecule has 0 bridgehead atoms. The Balaban J connectivity index is 1.87. The van der Waals surface area contributed by atoms with Crippen LogP contribution in [-0.2, 0) is 0 Å². The van der Waals surface area contributed by atoms with Gasteiger partial charge < -0.3 is 0 Å². The van der Waals surface area contributed by atoms with E-state index in [0.717, 1.165) is 11.8 Å². The summed E-state index contributed by atoms with van der Waals surface area (Å²) < 4.78 is 0. The van der Waals surface area contributed by atoms with Crippen LogP contribution in [0.3, 0.4) is 0 Å². The molecule has 1 aliphatic rings. The van der Waals surface area contributed by atoms with Crippen molar-refractivity contribution in [2.75, 3.05) is 0 Å². The van der Waals surface area contributed by atoms with Gasteiger partial charge in [-0.3, -0.25) is 0 Å². The summed E-state index contributed by atoms with van der Waals surface area (Å²) in [4.78, 5) is 0.